The number of aromatic nitrogens is 3. The molecule has 0 spiro atoms. The van der Waals surface area contributed by atoms with E-state index in [1.165, 1.54) is 17.2 Å². The van der Waals surface area contributed by atoms with E-state index in [9.17, 15) is 14.9 Å². The fourth-order valence-electron chi connectivity index (χ4n) is 2.30. The molecule has 2 aromatic rings. The van der Waals surface area contributed by atoms with E-state index in [2.05, 4.69) is 10.2 Å². The molecule has 8 heteroatoms. The van der Waals surface area contributed by atoms with E-state index in [1.54, 1.807) is 24.0 Å². The topological polar surface area (TPSA) is 97.1 Å². The Morgan fingerprint density at radius 1 is 1.62 bits per heavy atom. The summed E-state index contributed by atoms with van der Waals surface area (Å²) in [6.07, 6.45) is 6.73. The van der Waals surface area contributed by atoms with Gasteiger partial charge in [0.05, 0.1) is 17.3 Å². The molecular formula is C13H15N5O3. The fraction of sp³-hybridized carbons (Fsp3) is 0.385. The van der Waals surface area contributed by atoms with Crippen LogP contribution < -0.4 is 0 Å². The lowest BCUT2D eigenvalue weighted by atomic mass is 10.3. The Kier molecular flexibility index (Phi) is 3.20. The van der Waals surface area contributed by atoms with Gasteiger partial charge in [-0.15, -0.1) is 0 Å². The van der Waals surface area contributed by atoms with Crippen LogP contribution in [-0.2, 0) is 6.54 Å². The highest BCUT2D eigenvalue weighted by atomic mass is 16.6. The van der Waals surface area contributed by atoms with Gasteiger partial charge in [0.1, 0.15) is 5.69 Å². The number of H-pyrrole nitrogens is 1. The van der Waals surface area contributed by atoms with Gasteiger partial charge in [-0.05, 0) is 12.8 Å². The molecule has 2 heterocycles. The molecule has 0 aromatic carbocycles. The number of nitrogens with one attached hydrogen (secondary N) is 1. The SMILES string of the molecule is CN(Cc1cn[nH]c1)C(=O)c1cc([N+](=O)[O-])cn1C1CC1. The first kappa shape index (κ1) is 13.3. The minimum atomic E-state index is -0.467. The normalized spacial score (nSPS) is 14.1. The highest BCUT2D eigenvalue weighted by molar-refractivity contribution is 5.93. The Bertz CT molecular complexity index is 672. The standard InChI is InChI=1S/C13H15N5O3/c1-16(7-9-5-14-15-6-9)13(19)12-4-11(18(20)21)8-17(12)10-2-3-10/h4-6,8,10H,2-3,7H2,1H3,(H,14,15). The van der Waals surface area contributed by atoms with E-state index in [1.807, 2.05) is 0 Å². The van der Waals surface area contributed by atoms with Crippen LogP contribution in [0.3, 0.4) is 0 Å². The molecule has 1 aliphatic rings. The number of nitro groups is 1. The Balaban J connectivity index is 1.84. The van der Waals surface area contributed by atoms with Crippen LogP contribution in [0.4, 0.5) is 5.69 Å². The molecule has 110 valence electrons. The van der Waals surface area contributed by atoms with Crippen molar-refractivity contribution in [2.45, 2.75) is 25.4 Å². The molecule has 0 unspecified atom stereocenters. The second-order valence-electron chi connectivity index (χ2n) is 5.25. The number of carbonyl (C=O) groups is 1. The Labute approximate surface area is 120 Å². The summed E-state index contributed by atoms with van der Waals surface area (Å²) in [6, 6.07) is 1.56. The minimum absolute atomic E-state index is 0.0399. The van der Waals surface area contributed by atoms with Gasteiger partial charge < -0.3 is 9.47 Å². The molecule has 2 aromatic heterocycles. The maximum Gasteiger partial charge on any atom is 0.287 e. The van der Waals surface area contributed by atoms with Crippen LogP contribution >= 0.6 is 0 Å². The van der Waals surface area contributed by atoms with Gasteiger partial charge in [-0.1, -0.05) is 0 Å². The summed E-state index contributed by atoms with van der Waals surface area (Å²) in [5.41, 5.74) is 1.21. The van der Waals surface area contributed by atoms with Gasteiger partial charge in [0.15, 0.2) is 0 Å². The highest BCUT2D eigenvalue weighted by Gasteiger charge is 2.31. The Hall–Kier alpha value is -2.64. The highest BCUT2D eigenvalue weighted by Crippen LogP contribution is 2.38. The molecule has 21 heavy (non-hydrogen) atoms. The third-order valence-electron chi connectivity index (χ3n) is 3.53. The summed E-state index contributed by atoms with van der Waals surface area (Å²) >= 11 is 0. The van der Waals surface area contributed by atoms with Gasteiger partial charge in [0, 0.05) is 37.5 Å². The van der Waals surface area contributed by atoms with Crippen LogP contribution in [0.1, 0.15) is 34.9 Å². The number of aromatic amines is 1. The Morgan fingerprint density at radius 3 is 2.95 bits per heavy atom. The van der Waals surface area contributed by atoms with Gasteiger partial charge in [-0.2, -0.15) is 5.10 Å². The molecule has 1 fully saturated rings. The molecule has 0 atom stereocenters. The van der Waals surface area contributed by atoms with Crippen molar-refractivity contribution in [1.29, 1.82) is 0 Å². The smallest absolute Gasteiger partial charge is 0.287 e. The summed E-state index contributed by atoms with van der Waals surface area (Å²) in [6.45, 7) is 0.402. The second kappa shape index (κ2) is 5.04. The molecule has 1 aliphatic carbocycles. The third kappa shape index (κ3) is 2.64. The first-order chi connectivity index (χ1) is 10.1. The van der Waals surface area contributed by atoms with Crippen molar-refractivity contribution in [2.24, 2.45) is 0 Å². The van der Waals surface area contributed by atoms with Gasteiger partial charge in [0.2, 0.25) is 0 Å². The predicted octanol–water partition coefficient (Wildman–Crippen LogP) is 1.73. The van der Waals surface area contributed by atoms with E-state index in [0.717, 1.165) is 18.4 Å². The quantitative estimate of drug-likeness (QED) is 0.669. The van der Waals surface area contributed by atoms with Crippen molar-refractivity contribution < 1.29 is 9.72 Å². The first-order valence-corrected chi connectivity index (χ1v) is 6.65. The van der Waals surface area contributed by atoms with Crippen LogP contribution in [0, 0.1) is 10.1 Å². The van der Waals surface area contributed by atoms with Gasteiger partial charge in [0.25, 0.3) is 11.6 Å². The van der Waals surface area contributed by atoms with Crippen LogP contribution in [-0.4, -0.2) is 37.5 Å². The molecule has 0 saturated heterocycles. The summed E-state index contributed by atoms with van der Waals surface area (Å²) < 4.78 is 1.73. The van der Waals surface area contributed by atoms with E-state index in [-0.39, 0.29) is 17.6 Å². The minimum Gasteiger partial charge on any atom is -0.336 e. The van der Waals surface area contributed by atoms with Crippen LogP contribution in [0.2, 0.25) is 0 Å². The molecular weight excluding hydrogens is 274 g/mol. The number of hydrogen-bond donors (Lipinski definition) is 1. The van der Waals surface area contributed by atoms with E-state index in [0.29, 0.717) is 12.2 Å². The lowest BCUT2D eigenvalue weighted by Crippen LogP contribution is -2.28. The lowest BCUT2D eigenvalue weighted by Gasteiger charge is -2.17. The predicted molar refractivity (Wildman–Crippen MR) is 73.7 cm³/mol. The van der Waals surface area contributed by atoms with Gasteiger partial charge in [-0.3, -0.25) is 20.0 Å². The molecule has 8 nitrogen and oxygen atoms in total. The van der Waals surface area contributed by atoms with Crippen LogP contribution in [0.15, 0.2) is 24.7 Å². The molecule has 3 rings (SSSR count). The summed E-state index contributed by atoms with van der Waals surface area (Å²) in [5, 5.41) is 17.4. The van der Waals surface area contributed by atoms with Crippen molar-refractivity contribution in [3.63, 3.8) is 0 Å². The zero-order valence-electron chi connectivity index (χ0n) is 11.5. The first-order valence-electron chi connectivity index (χ1n) is 6.65. The van der Waals surface area contributed by atoms with Gasteiger partial charge >= 0.3 is 0 Å². The van der Waals surface area contributed by atoms with Crippen molar-refractivity contribution in [3.8, 4) is 0 Å². The number of carbonyl (C=O) groups excluding carboxylic acids is 1. The number of nitrogens with zero attached hydrogens (tertiary/aromatic N) is 4. The average Bonchev–Trinajstić information content (AvgIpc) is 3.00. The summed E-state index contributed by atoms with van der Waals surface area (Å²) in [7, 11) is 1.67. The second-order valence-corrected chi connectivity index (χ2v) is 5.25. The number of hydrogen-bond acceptors (Lipinski definition) is 4. The number of rotatable bonds is 5. The van der Waals surface area contributed by atoms with E-state index >= 15 is 0 Å². The van der Waals surface area contributed by atoms with E-state index in [4.69, 9.17) is 0 Å². The van der Waals surface area contributed by atoms with Crippen molar-refractivity contribution in [1.82, 2.24) is 19.7 Å². The molecule has 0 radical (unpaired) electrons. The summed E-state index contributed by atoms with van der Waals surface area (Å²) in [5.74, 6) is -0.226. The number of amides is 1. The zero-order valence-corrected chi connectivity index (χ0v) is 11.5. The summed E-state index contributed by atoms with van der Waals surface area (Å²) in [4.78, 5) is 24.5. The van der Waals surface area contributed by atoms with E-state index < -0.39 is 4.92 Å². The van der Waals surface area contributed by atoms with Crippen molar-refractivity contribution in [3.05, 3.63) is 46.0 Å². The average molecular weight is 289 g/mol. The maximum atomic E-state index is 12.5. The molecule has 1 saturated carbocycles. The molecule has 0 aliphatic heterocycles. The van der Waals surface area contributed by atoms with Crippen LogP contribution in [0.25, 0.3) is 0 Å². The Morgan fingerprint density at radius 2 is 2.38 bits per heavy atom. The fourth-order valence-corrected chi connectivity index (χ4v) is 2.30. The largest absolute Gasteiger partial charge is 0.336 e. The zero-order chi connectivity index (χ0) is 15.0. The van der Waals surface area contributed by atoms with Crippen molar-refractivity contribution in [2.75, 3.05) is 7.05 Å². The maximum absolute atomic E-state index is 12.5. The lowest BCUT2D eigenvalue weighted by molar-refractivity contribution is -0.384. The van der Waals surface area contributed by atoms with Crippen molar-refractivity contribution >= 4 is 11.6 Å². The molecule has 1 amide bonds. The van der Waals surface area contributed by atoms with Crippen LogP contribution in [0.5, 0.6) is 0 Å². The molecule has 0 bridgehead atoms. The third-order valence-corrected chi connectivity index (χ3v) is 3.53. The van der Waals surface area contributed by atoms with Gasteiger partial charge in [-0.25, -0.2) is 0 Å². The molecule has 1 N–H and O–H groups in total. The monoisotopic (exact) mass is 289 g/mol.